The van der Waals surface area contributed by atoms with Gasteiger partial charge >= 0.3 is 5.97 Å². The van der Waals surface area contributed by atoms with Gasteiger partial charge in [0.15, 0.2) is 24.0 Å². The predicted octanol–water partition coefficient (Wildman–Crippen LogP) is 1.91. The summed E-state index contributed by atoms with van der Waals surface area (Å²) >= 11 is 0. The number of ether oxygens (including phenoxy) is 7. The number of methoxy groups -OCH3 is 1. The molecule has 0 aromatic rings. The van der Waals surface area contributed by atoms with Gasteiger partial charge in [-0.2, -0.15) is 0 Å². The van der Waals surface area contributed by atoms with Crippen molar-refractivity contribution in [2.45, 2.75) is 154 Å². The Morgan fingerprint density at radius 2 is 1.44 bits per heavy atom. The first kappa shape index (κ1) is 39.5. The van der Waals surface area contributed by atoms with Gasteiger partial charge in [0.2, 0.25) is 0 Å². The van der Waals surface area contributed by atoms with Crippen molar-refractivity contribution in [2.75, 3.05) is 27.8 Å². The average Bonchev–Trinajstić information content (AvgIpc) is 3.82. The molecule has 4 heterocycles. The van der Waals surface area contributed by atoms with E-state index in [1.54, 1.807) is 34.6 Å². The number of aliphatic hydroxyl groups is 3. The molecule has 18 atom stereocenters. The maximum absolute atomic E-state index is 13.9. The van der Waals surface area contributed by atoms with Crippen LogP contribution >= 0.6 is 0 Å². The van der Waals surface area contributed by atoms with Crippen LogP contribution in [0.3, 0.4) is 0 Å². The summed E-state index contributed by atoms with van der Waals surface area (Å²) in [6.07, 6.45) is -7.15. The fraction of sp³-hybridized carbons (Fsp3) is 0.943. The number of hydrogen-bond acceptors (Lipinski definition) is 13. The minimum atomic E-state index is -1.10. The zero-order valence-corrected chi connectivity index (χ0v) is 30.6. The van der Waals surface area contributed by atoms with Gasteiger partial charge in [-0.05, 0) is 60.5 Å². The Bertz CT molecular complexity index is 1090. The number of epoxide rings is 1. The van der Waals surface area contributed by atoms with E-state index in [4.69, 9.17) is 33.2 Å². The lowest BCUT2D eigenvalue weighted by Gasteiger charge is -2.46. The number of carbonyl (C=O) groups excluding carboxylic acids is 2. The van der Waals surface area contributed by atoms with E-state index in [0.717, 1.165) is 0 Å². The lowest BCUT2D eigenvalue weighted by atomic mass is 9.76. The highest BCUT2D eigenvalue weighted by atomic mass is 16.7. The van der Waals surface area contributed by atoms with E-state index in [0.29, 0.717) is 6.42 Å². The van der Waals surface area contributed by atoms with Gasteiger partial charge < -0.3 is 53.4 Å². The van der Waals surface area contributed by atoms with Crippen molar-refractivity contribution in [3.05, 3.63) is 0 Å². The van der Waals surface area contributed by atoms with Crippen molar-refractivity contribution in [2.24, 2.45) is 29.6 Å². The van der Waals surface area contributed by atoms with Crippen molar-refractivity contribution >= 4 is 11.8 Å². The molecule has 0 aromatic carbocycles. The van der Waals surface area contributed by atoms with Gasteiger partial charge in [0.05, 0.1) is 49.1 Å². The molecule has 0 aliphatic carbocycles. The Morgan fingerprint density at radius 3 is 2.02 bits per heavy atom. The number of aliphatic hydroxyl groups excluding tert-OH is 3. The van der Waals surface area contributed by atoms with E-state index in [-0.39, 0.29) is 43.3 Å². The van der Waals surface area contributed by atoms with E-state index in [9.17, 15) is 24.9 Å². The van der Waals surface area contributed by atoms with Gasteiger partial charge in [0.1, 0.15) is 18.3 Å². The SMILES string of the molecule is COC1CC(OC2C(C)C(=O)O[C@@H](C)[C@H](C)C(O)C(C)C(=O)[C@]3(CO3)C[C@@H](C)C(OC3OC(C)CC(N(C)C)C3O)C2C)OC(C)C1O. The number of rotatable bonds is 6. The van der Waals surface area contributed by atoms with Crippen LogP contribution in [-0.2, 0) is 42.7 Å². The van der Waals surface area contributed by atoms with Gasteiger partial charge in [-0.25, -0.2) is 0 Å². The molecule has 13 heteroatoms. The zero-order chi connectivity index (χ0) is 35.8. The van der Waals surface area contributed by atoms with Crippen molar-refractivity contribution < 1.29 is 58.1 Å². The third kappa shape index (κ3) is 8.43. The minimum absolute atomic E-state index is 0.198. The van der Waals surface area contributed by atoms with Crippen LogP contribution in [0.4, 0.5) is 0 Å². The second-order valence-electron chi connectivity index (χ2n) is 15.3. The molecule has 0 bridgehead atoms. The summed E-state index contributed by atoms with van der Waals surface area (Å²) < 4.78 is 43.0. The first-order chi connectivity index (χ1) is 22.4. The zero-order valence-electron chi connectivity index (χ0n) is 30.6. The first-order valence-corrected chi connectivity index (χ1v) is 17.7. The summed E-state index contributed by atoms with van der Waals surface area (Å²) in [7, 11) is 5.32. The highest BCUT2D eigenvalue weighted by Crippen LogP contribution is 2.43. The lowest BCUT2D eigenvalue weighted by Crippen LogP contribution is -2.57. The standard InChI is InChI=1S/C35H61NO12/c1-16-14-35(15-43-35)32(40)19(4)27(37)18(3)22(7)46-33(41)21(6)31(47-26-13-25(42-11)28(38)23(8)45-26)20(5)30(16)48-34-29(39)24(36(9)10)12-17(2)44-34/h16-31,34,37-39H,12-15H2,1-11H3/t16-,17?,18+,19?,20?,21?,22+,23?,24?,25?,26?,27?,28?,29?,30?,31?,34?,35-/m1/s1. The maximum atomic E-state index is 13.9. The van der Waals surface area contributed by atoms with Gasteiger partial charge in [0, 0.05) is 37.3 Å². The summed E-state index contributed by atoms with van der Waals surface area (Å²) in [5.74, 6) is -3.74. The summed E-state index contributed by atoms with van der Waals surface area (Å²) in [4.78, 5) is 29.7. The van der Waals surface area contributed by atoms with Crippen LogP contribution in [0.15, 0.2) is 0 Å². The fourth-order valence-corrected chi connectivity index (χ4v) is 7.89. The van der Waals surface area contributed by atoms with Crippen molar-refractivity contribution in [3.8, 4) is 0 Å². The molecule has 4 fully saturated rings. The molecule has 4 aliphatic heterocycles. The maximum Gasteiger partial charge on any atom is 0.311 e. The normalized spacial score (nSPS) is 49.9. The number of Topliss-reactive ketones (excluding diaryl/α,β-unsaturated/α-hetero) is 1. The lowest BCUT2D eigenvalue weighted by molar-refractivity contribution is -0.299. The molecule has 14 unspecified atom stereocenters. The molecule has 278 valence electrons. The molecular formula is C35H61NO12. The van der Waals surface area contributed by atoms with Crippen LogP contribution in [0, 0.1) is 29.6 Å². The second kappa shape index (κ2) is 16.0. The van der Waals surface area contributed by atoms with E-state index in [1.807, 2.05) is 39.8 Å². The largest absolute Gasteiger partial charge is 0.462 e. The van der Waals surface area contributed by atoms with Gasteiger partial charge in [0.25, 0.3) is 0 Å². The fourth-order valence-electron chi connectivity index (χ4n) is 7.89. The molecule has 48 heavy (non-hydrogen) atoms. The third-order valence-electron chi connectivity index (χ3n) is 11.4. The second-order valence-corrected chi connectivity index (χ2v) is 15.3. The van der Waals surface area contributed by atoms with Crippen LogP contribution in [-0.4, -0.2) is 139 Å². The van der Waals surface area contributed by atoms with Crippen LogP contribution in [0.2, 0.25) is 0 Å². The molecule has 4 rings (SSSR count). The Labute approximate surface area is 285 Å². The minimum Gasteiger partial charge on any atom is -0.462 e. The molecule has 0 aromatic heterocycles. The number of hydrogen-bond donors (Lipinski definition) is 3. The van der Waals surface area contributed by atoms with Crippen LogP contribution in [0.5, 0.6) is 0 Å². The molecule has 0 radical (unpaired) electrons. The third-order valence-corrected chi connectivity index (χ3v) is 11.4. The Hall–Kier alpha value is -1.26. The number of carbonyl (C=O) groups is 2. The van der Waals surface area contributed by atoms with Gasteiger partial charge in [-0.1, -0.05) is 27.7 Å². The smallest absolute Gasteiger partial charge is 0.311 e. The number of ketones is 1. The van der Waals surface area contributed by atoms with E-state index in [2.05, 4.69) is 0 Å². The van der Waals surface area contributed by atoms with Crippen LogP contribution in [0.25, 0.3) is 0 Å². The summed E-state index contributed by atoms with van der Waals surface area (Å²) in [5, 5.41) is 33.3. The van der Waals surface area contributed by atoms with Crippen LogP contribution < -0.4 is 0 Å². The average molecular weight is 688 g/mol. The van der Waals surface area contributed by atoms with E-state index in [1.165, 1.54) is 7.11 Å². The van der Waals surface area contributed by atoms with Crippen molar-refractivity contribution in [1.82, 2.24) is 4.90 Å². The van der Waals surface area contributed by atoms with Gasteiger partial charge in [-0.15, -0.1) is 0 Å². The molecule has 4 aliphatic rings. The topological polar surface area (TPSA) is 166 Å². The highest BCUT2D eigenvalue weighted by molar-refractivity contribution is 5.92. The van der Waals surface area contributed by atoms with Crippen LogP contribution in [0.1, 0.15) is 74.7 Å². The number of cyclic esters (lactones) is 1. The predicted molar refractivity (Wildman–Crippen MR) is 174 cm³/mol. The monoisotopic (exact) mass is 687 g/mol. The number of nitrogens with zero attached hydrogens (tertiary/aromatic N) is 1. The summed E-state index contributed by atoms with van der Waals surface area (Å²) in [5.41, 5.74) is -1.10. The van der Waals surface area contributed by atoms with Crippen molar-refractivity contribution in [3.63, 3.8) is 0 Å². The quantitative estimate of drug-likeness (QED) is 0.274. The molecule has 0 saturated carbocycles. The molecule has 1 spiro atoms. The summed E-state index contributed by atoms with van der Waals surface area (Å²) in [6, 6.07) is -0.219. The molecule has 3 N–H and O–H groups in total. The molecule has 4 saturated heterocycles. The van der Waals surface area contributed by atoms with Crippen molar-refractivity contribution in [1.29, 1.82) is 0 Å². The van der Waals surface area contributed by atoms with Gasteiger partial charge in [-0.3, -0.25) is 9.59 Å². The summed E-state index contributed by atoms with van der Waals surface area (Å²) in [6.45, 7) is 14.6. The first-order valence-electron chi connectivity index (χ1n) is 17.7. The Morgan fingerprint density at radius 1 is 0.792 bits per heavy atom. The Balaban J connectivity index is 1.75. The van der Waals surface area contributed by atoms with E-state index >= 15 is 0 Å². The number of likely N-dealkylation sites (N-methyl/N-ethyl adjacent to an activating group) is 1. The molecule has 0 amide bonds. The number of esters is 1. The molecule has 13 nitrogen and oxygen atoms in total. The van der Waals surface area contributed by atoms with E-state index < -0.39 is 96.7 Å². The highest BCUT2D eigenvalue weighted by Gasteiger charge is 2.57. The Kier molecular flexibility index (Phi) is 13.1. The molecular weight excluding hydrogens is 626 g/mol.